The lowest BCUT2D eigenvalue weighted by Gasteiger charge is -2.12. The fourth-order valence-electron chi connectivity index (χ4n) is 1.91. The average molecular weight is 255 g/mol. The molecule has 3 nitrogen and oxygen atoms in total. The number of nitrogen functional groups attached to an aromatic ring is 1. The number of aryl methyl sites for hydroxylation is 2. The molecule has 1 aromatic carbocycles. The Bertz CT molecular complexity index is 564. The summed E-state index contributed by atoms with van der Waals surface area (Å²) in [7, 11) is 0. The summed E-state index contributed by atoms with van der Waals surface area (Å²) in [6.45, 7) is 3.63. The van der Waals surface area contributed by atoms with Crippen LogP contribution >= 0.6 is 0 Å². The predicted molar refractivity (Wildman–Crippen MR) is 62.5 cm³/mol. The highest BCUT2D eigenvalue weighted by Crippen LogP contribution is 2.35. The first kappa shape index (κ1) is 12.5. The molecule has 1 aromatic heterocycles. The Morgan fingerprint density at radius 3 is 2.17 bits per heavy atom. The first-order valence-corrected chi connectivity index (χ1v) is 5.28. The van der Waals surface area contributed by atoms with Gasteiger partial charge in [-0.3, -0.25) is 0 Å². The Morgan fingerprint density at radius 2 is 1.67 bits per heavy atom. The van der Waals surface area contributed by atoms with Crippen molar-refractivity contribution in [2.24, 2.45) is 0 Å². The van der Waals surface area contributed by atoms with Crippen molar-refractivity contribution in [3.05, 3.63) is 41.2 Å². The van der Waals surface area contributed by atoms with Crippen LogP contribution in [0, 0.1) is 13.8 Å². The van der Waals surface area contributed by atoms with Crippen LogP contribution < -0.4 is 5.73 Å². The van der Waals surface area contributed by atoms with Crippen LogP contribution in [0.15, 0.2) is 24.4 Å². The average Bonchev–Trinajstić information content (AvgIpc) is 2.57. The zero-order valence-corrected chi connectivity index (χ0v) is 9.92. The van der Waals surface area contributed by atoms with Crippen molar-refractivity contribution in [1.29, 1.82) is 0 Å². The molecule has 6 heteroatoms. The Morgan fingerprint density at radius 1 is 1.11 bits per heavy atom. The van der Waals surface area contributed by atoms with E-state index < -0.39 is 11.9 Å². The van der Waals surface area contributed by atoms with E-state index in [0.717, 1.165) is 22.0 Å². The van der Waals surface area contributed by atoms with Gasteiger partial charge < -0.3 is 5.73 Å². The van der Waals surface area contributed by atoms with Crippen molar-refractivity contribution in [3.63, 3.8) is 0 Å². The fraction of sp³-hybridized carbons (Fsp3) is 0.250. The quantitative estimate of drug-likeness (QED) is 0.851. The highest BCUT2D eigenvalue weighted by molar-refractivity contribution is 5.49. The van der Waals surface area contributed by atoms with Gasteiger partial charge in [0.15, 0.2) is 5.69 Å². The summed E-state index contributed by atoms with van der Waals surface area (Å²) in [5, 5.41) is 3.71. The second-order valence-corrected chi connectivity index (χ2v) is 4.20. The summed E-state index contributed by atoms with van der Waals surface area (Å²) in [5.41, 5.74) is 6.12. The minimum atomic E-state index is -4.53. The number of hydrogen-bond donors (Lipinski definition) is 1. The summed E-state index contributed by atoms with van der Waals surface area (Å²) >= 11 is 0. The van der Waals surface area contributed by atoms with Crippen LogP contribution in [0.4, 0.5) is 18.9 Å². The molecule has 0 radical (unpaired) electrons. The molecule has 0 aliphatic carbocycles. The van der Waals surface area contributed by atoms with Gasteiger partial charge in [0.05, 0.1) is 17.6 Å². The fourth-order valence-corrected chi connectivity index (χ4v) is 1.91. The maximum Gasteiger partial charge on any atom is 0.435 e. The summed E-state index contributed by atoms with van der Waals surface area (Å²) in [4.78, 5) is 0. The van der Waals surface area contributed by atoms with Gasteiger partial charge in [0.25, 0.3) is 0 Å². The van der Waals surface area contributed by atoms with Gasteiger partial charge in [0, 0.05) is 0 Å². The molecule has 0 saturated carbocycles. The van der Waals surface area contributed by atoms with Gasteiger partial charge in [0.1, 0.15) is 0 Å². The lowest BCUT2D eigenvalue weighted by molar-refractivity contribution is -0.142. The zero-order valence-electron chi connectivity index (χ0n) is 9.92. The Balaban J connectivity index is 2.65. The van der Waals surface area contributed by atoms with Crippen molar-refractivity contribution in [3.8, 4) is 5.69 Å². The standard InChI is InChI=1S/C12H12F3N3/c1-7-3-8(2)5-9(4-7)18-11(12(13,14)15)10(16)6-17-18/h3-6H,16H2,1-2H3. The number of anilines is 1. The molecule has 0 spiro atoms. The Labute approximate surface area is 102 Å². The largest absolute Gasteiger partial charge is 0.435 e. The van der Waals surface area contributed by atoms with E-state index in [1.54, 1.807) is 12.1 Å². The normalized spacial score (nSPS) is 11.8. The first-order valence-electron chi connectivity index (χ1n) is 5.28. The predicted octanol–water partition coefficient (Wildman–Crippen LogP) is 3.09. The molecule has 0 aliphatic rings. The SMILES string of the molecule is Cc1cc(C)cc(-n2ncc(N)c2C(F)(F)F)c1. The molecule has 0 saturated heterocycles. The van der Waals surface area contributed by atoms with E-state index in [1.807, 2.05) is 19.9 Å². The molecule has 18 heavy (non-hydrogen) atoms. The van der Waals surface area contributed by atoms with Crippen LogP contribution in [0.1, 0.15) is 16.8 Å². The van der Waals surface area contributed by atoms with Gasteiger partial charge in [-0.1, -0.05) is 6.07 Å². The number of hydrogen-bond acceptors (Lipinski definition) is 2. The van der Waals surface area contributed by atoms with Gasteiger partial charge >= 0.3 is 6.18 Å². The van der Waals surface area contributed by atoms with Crippen LogP contribution in [0.3, 0.4) is 0 Å². The highest BCUT2D eigenvalue weighted by Gasteiger charge is 2.38. The number of rotatable bonds is 1. The van der Waals surface area contributed by atoms with Crippen molar-refractivity contribution in [1.82, 2.24) is 9.78 Å². The van der Waals surface area contributed by atoms with Crippen molar-refractivity contribution < 1.29 is 13.2 Å². The molecule has 0 fully saturated rings. The third kappa shape index (κ3) is 2.18. The number of aromatic nitrogens is 2. The number of nitrogens with zero attached hydrogens (tertiary/aromatic N) is 2. The van der Waals surface area contributed by atoms with E-state index in [2.05, 4.69) is 5.10 Å². The van der Waals surface area contributed by atoms with Crippen molar-refractivity contribution in [2.75, 3.05) is 5.73 Å². The third-order valence-corrected chi connectivity index (χ3v) is 2.52. The minimum absolute atomic E-state index is 0.358. The first-order chi connectivity index (χ1) is 8.29. The lowest BCUT2D eigenvalue weighted by Crippen LogP contribution is -2.15. The second-order valence-electron chi connectivity index (χ2n) is 4.20. The van der Waals surface area contributed by atoms with E-state index in [0.29, 0.717) is 5.69 Å². The third-order valence-electron chi connectivity index (χ3n) is 2.52. The van der Waals surface area contributed by atoms with Gasteiger partial charge in [-0.05, 0) is 37.1 Å². The molecule has 2 rings (SSSR count). The molecule has 2 N–H and O–H groups in total. The monoisotopic (exact) mass is 255 g/mol. The Kier molecular flexibility index (Phi) is 2.80. The number of benzene rings is 1. The lowest BCUT2D eigenvalue weighted by atomic mass is 10.1. The van der Waals surface area contributed by atoms with E-state index in [-0.39, 0.29) is 5.69 Å². The number of alkyl halides is 3. The van der Waals surface area contributed by atoms with E-state index in [4.69, 9.17) is 5.73 Å². The maximum atomic E-state index is 12.9. The molecule has 0 aliphatic heterocycles. The molecule has 0 atom stereocenters. The Hall–Kier alpha value is -1.98. The molecular formula is C12H12F3N3. The molecule has 2 aromatic rings. The highest BCUT2D eigenvalue weighted by atomic mass is 19.4. The van der Waals surface area contributed by atoms with Gasteiger partial charge in [-0.25, -0.2) is 4.68 Å². The smallest absolute Gasteiger partial charge is 0.396 e. The molecule has 0 bridgehead atoms. The van der Waals surface area contributed by atoms with Gasteiger partial charge in [-0.15, -0.1) is 0 Å². The molecule has 1 heterocycles. The number of nitrogens with two attached hydrogens (primary N) is 1. The topological polar surface area (TPSA) is 43.8 Å². The summed E-state index contributed by atoms with van der Waals surface area (Å²) in [5.74, 6) is 0. The molecule has 0 unspecified atom stereocenters. The molecule has 0 amide bonds. The van der Waals surface area contributed by atoms with Crippen LogP contribution in [0.25, 0.3) is 5.69 Å². The van der Waals surface area contributed by atoms with Crippen LogP contribution in [-0.4, -0.2) is 9.78 Å². The summed E-state index contributed by atoms with van der Waals surface area (Å²) < 4.78 is 39.5. The van der Waals surface area contributed by atoms with E-state index in [1.165, 1.54) is 0 Å². The number of halogens is 3. The van der Waals surface area contributed by atoms with Gasteiger partial charge in [-0.2, -0.15) is 18.3 Å². The van der Waals surface area contributed by atoms with E-state index >= 15 is 0 Å². The van der Waals surface area contributed by atoms with Crippen LogP contribution in [0.2, 0.25) is 0 Å². The summed E-state index contributed by atoms with van der Waals surface area (Å²) in [6.07, 6.45) is -3.52. The zero-order chi connectivity index (χ0) is 13.5. The van der Waals surface area contributed by atoms with Crippen LogP contribution in [0.5, 0.6) is 0 Å². The minimum Gasteiger partial charge on any atom is -0.396 e. The van der Waals surface area contributed by atoms with E-state index in [9.17, 15) is 13.2 Å². The van der Waals surface area contributed by atoms with Crippen molar-refractivity contribution in [2.45, 2.75) is 20.0 Å². The van der Waals surface area contributed by atoms with Gasteiger partial charge in [0.2, 0.25) is 0 Å². The molecular weight excluding hydrogens is 243 g/mol. The summed E-state index contributed by atoms with van der Waals surface area (Å²) in [6, 6.07) is 5.15. The molecule has 96 valence electrons. The maximum absolute atomic E-state index is 12.9. The van der Waals surface area contributed by atoms with Crippen molar-refractivity contribution >= 4 is 5.69 Å². The van der Waals surface area contributed by atoms with Crippen LogP contribution in [-0.2, 0) is 6.18 Å². The second kappa shape index (κ2) is 4.04.